The van der Waals surface area contributed by atoms with Crippen LogP contribution in [0.3, 0.4) is 0 Å². The molecule has 1 unspecified atom stereocenters. The van der Waals surface area contributed by atoms with E-state index in [4.69, 9.17) is 0 Å². The molecule has 1 nitrogen and oxygen atoms in total. The third kappa shape index (κ3) is 2.96. The summed E-state index contributed by atoms with van der Waals surface area (Å²) in [4.78, 5) is 2.41. The second kappa shape index (κ2) is 5.48. The lowest BCUT2D eigenvalue weighted by atomic mass is 10.0. The highest BCUT2D eigenvalue weighted by Crippen LogP contribution is 2.27. The summed E-state index contributed by atoms with van der Waals surface area (Å²) >= 11 is 1.72. The van der Waals surface area contributed by atoms with Crippen LogP contribution in [0.2, 0.25) is 0 Å². The van der Waals surface area contributed by atoms with Gasteiger partial charge in [-0.1, -0.05) is 31.2 Å². The maximum absolute atomic E-state index is 10.2. The highest BCUT2D eigenvalue weighted by atomic mass is 32.1. The molecule has 17 heavy (non-hydrogen) atoms. The summed E-state index contributed by atoms with van der Waals surface area (Å²) in [6.07, 6.45) is 1.37. The molecule has 0 aliphatic heterocycles. The van der Waals surface area contributed by atoms with Crippen LogP contribution in [0.15, 0.2) is 36.4 Å². The molecule has 1 aromatic carbocycles. The molecule has 1 heterocycles. The fourth-order valence-electron chi connectivity index (χ4n) is 1.91. The van der Waals surface area contributed by atoms with Gasteiger partial charge in [-0.25, -0.2) is 0 Å². The van der Waals surface area contributed by atoms with E-state index in [2.05, 4.69) is 32.0 Å². The van der Waals surface area contributed by atoms with E-state index in [-0.39, 0.29) is 6.10 Å². The quantitative estimate of drug-likeness (QED) is 0.867. The van der Waals surface area contributed by atoms with Gasteiger partial charge in [0.2, 0.25) is 0 Å². The number of aliphatic hydroxyl groups excluding tert-OH is 1. The Morgan fingerprint density at radius 3 is 2.59 bits per heavy atom. The van der Waals surface area contributed by atoms with Crippen molar-refractivity contribution in [3.63, 3.8) is 0 Å². The number of hydrogen-bond donors (Lipinski definition) is 1. The molecule has 0 bridgehead atoms. The first-order chi connectivity index (χ1) is 8.20. The minimum atomic E-state index is -0.374. The van der Waals surface area contributed by atoms with Crippen LogP contribution in [0.4, 0.5) is 0 Å². The second-order valence-electron chi connectivity index (χ2n) is 4.30. The molecular weight excluding hydrogens is 228 g/mol. The van der Waals surface area contributed by atoms with E-state index in [9.17, 15) is 5.11 Å². The van der Waals surface area contributed by atoms with Gasteiger partial charge < -0.3 is 5.11 Å². The van der Waals surface area contributed by atoms with E-state index in [0.29, 0.717) is 6.42 Å². The molecule has 2 aromatic rings. The number of thiophene rings is 1. The minimum absolute atomic E-state index is 0.374. The molecule has 90 valence electrons. The molecule has 0 saturated heterocycles. The summed E-state index contributed by atoms with van der Waals surface area (Å²) in [5.41, 5.74) is 2.48. The summed E-state index contributed by atoms with van der Waals surface area (Å²) in [5.74, 6) is 0. The minimum Gasteiger partial charge on any atom is -0.387 e. The second-order valence-corrected chi connectivity index (χ2v) is 5.50. The van der Waals surface area contributed by atoms with E-state index < -0.39 is 0 Å². The van der Waals surface area contributed by atoms with E-state index in [1.165, 1.54) is 16.0 Å². The zero-order valence-electron chi connectivity index (χ0n) is 10.3. The molecule has 0 aliphatic carbocycles. The molecule has 0 amide bonds. The van der Waals surface area contributed by atoms with Gasteiger partial charge in [-0.05, 0) is 36.6 Å². The van der Waals surface area contributed by atoms with E-state index in [1.807, 2.05) is 18.2 Å². The summed E-state index contributed by atoms with van der Waals surface area (Å²) in [6, 6.07) is 12.4. The number of benzene rings is 1. The molecule has 0 fully saturated rings. The van der Waals surface area contributed by atoms with Gasteiger partial charge in [-0.15, -0.1) is 11.3 Å². The van der Waals surface area contributed by atoms with Crippen molar-refractivity contribution >= 4 is 11.3 Å². The van der Waals surface area contributed by atoms with Crippen molar-refractivity contribution in [1.82, 2.24) is 0 Å². The van der Waals surface area contributed by atoms with Crippen molar-refractivity contribution in [2.75, 3.05) is 0 Å². The van der Waals surface area contributed by atoms with Gasteiger partial charge in [-0.2, -0.15) is 0 Å². The Bertz CT molecular complexity index is 487. The van der Waals surface area contributed by atoms with Gasteiger partial charge in [-0.3, -0.25) is 0 Å². The first kappa shape index (κ1) is 12.3. The highest BCUT2D eigenvalue weighted by Gasteiger charge is 2.12. The van der Waals surface area contributed by atoms with Gasteiger partial charge in [0.25, 0.3) is 0 Å². The van der Waals surface area contributed by atoms with Crippen LogP contribution in [-0.2, 0) is 12.8 Å². The molecule has 2 heteroatoms. The van der Waals surface area contributed by atoms with Crippen LogP contribution in [0.25, 0.3) is 0 Å². The molecular formula is C15H18OS. The van der Waals surface area contributed by atoms with Crippen molar-refractivity contribution in [3.05, 3.63) is 57.3 Å². The lowest BCUT2D eigenvalue weighted by molar-refractivity contribution is 0.182. The average Bonchev–Trinajstić information content (AvgIpc) is 2.81. The Hall–Kier alpha value is -1.12. The summed E-state index contributed by atoms with van der Waals surface area (Å²) in [6.45, 7) is 4.23. The molecule has 0 radical (unpaired) electrons. The van der Waals surface area contributed by atoms with Crippen LogP contribution >= 0.6 is 11.3 Å². The zero-order chi connectivity index (χ0) is 12.3. The standard InChI is InChI=1S/C15H18OS/c1-3-13-8-9-15(17-13)14(16)10-12-7-5-4-6-11(12)2/h4-9,14,16H,3,10H2,1-2H3. The molecule has 0 spiro atoms. The number of rotatable bonds is 4. The first-order valence-electron chi connectivity index (χ1n) is 6.02. The Balaban J connectivity index is 2.11. The third-order valence-corrected chi connectivity index (χ3v) is 4.36. The highest BCUT2D eigenvalue weighted by molar-refractivity contribution is 7.12. The predicted octanol–water partition coefficient (Wildman–Crippen LogP) is 3.90. The third-order valence-electron chi connectivity index (χ3n) is 3.03. The van der Waals surface area contributed by atoms with Crippen LogP contribution in [0, 0.1) is 6.92 Å². The van der Waals surface area contributed by atoms with Gasteiger partial charge in [0.1, 0.15) is 0 Å². The summed E-state index contributed by atoms with van der Waals surface area (Å²) < 4.78 is 0. The number of hydrogen-bond acceptors (Lipinski definition) is 2. The molecule has 1 aromatic heterocycles. The number of aliphatic hydroxyl groups is 1. The Kier molecular flexibility index (Phi) is 3.97. The van der Waals surface area contributed by atoms with Crippen LogP contribution < -0.4 is 0 Å². The monoisotopic (exact) mass is 246 g/mol. The fraction of sp³-hybridized carbons (Fsp3) is 0.333. The largest absolute Gasteiger partial charge is 0.387 e. The zero-order valence-corrected chi connectivity index (χ0v) is 11.1. The Labute approximate surface area is 107 Å². The van der Waals surface area contributed by atoms with Crippen molar-refractivity contribution in [3.8, 4) is 0 Å². The molecule has 0 aliphatic rings. The van der Waals surface area contributed by atoms with Crippen molar-refractivity contribution in [1.29, 1.82) is 0 Å². The topological polar surface area (TPSA) is 20.2 Å². The first-order valence-corrected chi connectivity index (χ1v) is 6.83. The van der Waals surface area contributed by atoms with Crippen LogP contribution in [0.5, 0.6) is 0 Å². The SMILES string of the molecule is CCc1ccc(C(O)Cc2ccccc2C)s1. The van der Waals surface area contributed by atoms with Crippen molar-refractivity contribution in [2.45, 2.75) is 32.8 Å². The lowest BCUT2D eigenvalue weighted by Gasteiger charge is -2.10. The van der Waals surface area contributed by atoms with E-state index >= 15 is 0 Å². The summed E-state index contributed by atoms with van der Waals surface area (Å²) in [5, 5.41) is 10.2. The van der Waals surface area contributed by atoms with E-state index in [0.717, 1.165) is 11.3 Å². The van der Waals surface area contributed by atoms with Gasteiger partial charge in [0.05, 0.1) is 6.10 Å². The maximum atomic E-state index is 10.2. The number of aryl methyl sites for hydroxylation is 2. The Morgan fingerprint density at radius 2 is 1.94 bits per heavy atom. The lowest BCUT2D eigenvalue weighted by Crippen LogP contribution is -2.00. The predicted molar refractivity (Wildman–Crippen MR) is 73.5 cm³/mol. The summed E-state index contributed by atoms with van der Waals surface area (Å²) in [7, 11) is 0. The molecule has 1 atom stereocenters. The van der Waals surface area contributed by atoms with Gasteiger partial charge in [0, 0.05) is 16.2 Å². The van der Waals surface area contributed by atoms with E-state index in [1.54, 1.807) is 11.3 Å². The van der Waals surface area contributed by atoms with Gasteiger partial charge in [0.15, 0.2) is 0 Å². The average molecular weight is 246 g/mol. The Morgan fingerprint density at radius 1 is 1.18 bits per heavy atom. The molecule has 2 rings (SSSR count). The van der Waals surface area contributed by atoms with Crippen molar-refractivity contribution in [2.24, 2.45) is 0 Å². The van der Waals surface area contributed by atoms with Crippen LogP contribution in [0.1, 0.15) is 33.9 Å². The normalized spacial score (nSPS) is 12.6. The smallest absolute Gasteiger partial charge is 0.0922 e. The molecule has 1 N–H and O–H groups in total. The molecule has 0 saturated carbocycles. The van der Waals surface area contributed by atoms with Crippen molar-refractivity contribution < 1.29 is 5.11 Å². The van der Waals surface area contributed by atoms with Crippen LogP contribution in [-0.4, -0.2) is 5.11 Å². The fourth-order valence-corrected chi connectivity index (χ4v) is 2.85. The maximum Gasteiger partial charge on any atom is 0.0922 e. The van der Waals surface area contributed by atoms with Gasteiger partial charge >= 0.3 is 0 Å².